The van der Waals surface area contributed by atoms with Crippen molar-refractivity contribution in [1.29, 1.82) is 0 Å². The Bertz CT molecular complexity index is 426. The molecule has 0 atom stereocenters. The van der Waals surface area contributed by atoms with Gasteiger partial charge < -0.3 is 11.1 Å². The molecule has 1 aromatic heterocycles. The van der Waals surface area contributed by atoms with Gasteiger partial charge in [-0.05, 0) is 6.42 Å². The van der Waals surface area contributed by atoms with E-state index in [0.717, 1.165) is 0 Å². The Morgan fingerprint density at radius 3 is 3.00 bits per heavy atom. The molecule has 1 aliphatic heterocycles. The summed E-state index contributed by atoms with van der Waals surface area (Å²) in [7, 11) is 0. The molecule has 2 amide bonds. The smallest absolute Gasteiger partial charge is 0.270 e. The molecule has 6 nitrogen and oxygen atoms in total. The summed E-state index contributed by atoms with van der Waals surface area (Å²) in [5.74, 6) is -0.799. The molecule has 0 unspecified atom stereocenters. The molecule has 1 aliphatic rings. The van der Waals surface area contributed by atoms with Gasteiger partial charge in [-0.15, -0.1) is 0 Å². The van der Waals surface area contributed by atoms with Gasteiger partial charge in [0.05, 0.1) is 22.9 Å². The van der Waals surface area contributed by atoms with Crippen LogP contribution in [-0.2, 0) is 6.42 Å². The van der Waals surface area contributed by atoms with Crippen LogP contribution < -0.4 is 11.1 Å². The maximum Gasteiger partial charge on any atom is 0.270 e. The van der Waals surface area contributed by atoms with Crippen LogP contribution >= 0.6 is 22.9 Å². The zero-order chi connectivity index (χ0) is 10.3. The summed E-state index contributed by atoms with van der Waals surface area (Å²) < 4.78 is 1.36. The highest BCUT2D eigenvalue weighted by molar-refractivity contribution is 14.1. The van der Waals surface area contributed by atoms with Crippen molar-refractivity contribution in [3.8, 4) is 0 Å². The third-order valence-corrected chi connectivity index (χ3v) is 2.75. The molecule has 3 N–H and O–H groups in total. The second-order valence-electron chi connectivity index (χ2n) is 2.91. The standard InChI is InChI=1S/C7H7IN4O2/c8-12-5-3(1-2-10-7(5)14)4(11-12)6(9)13/h1-2H2,(H2,9,13)(H,10,14). The van der Waals surface area contributed by atoms with E-state index in [1.54, 1.807) is 0 Å². The lowest BCUT2D eigenvalue weighted by atomic mass is 10.1. The van der Waals surface area contributed by atoms with Crippen molar-refractivity contribution < 1.29 is 9.59 Å². The maximum absolute atomic E-state index is 11.4. The highest BCUT2D eigenvalue weighted by Gasteiger charge is 2.27. The van der Waals surface area contributed by atoms with Crippen LogP contribution in [0.15, 0.2) is 0 Å². The minimum Gasteiger partial charge on any atom is -0.364 e. The van der Waals surface area contributed by atoms with Crippen molar-refractivity contribution in [3.63, 3.8) is 0 Å². The first-order chi connectivity index (χ1) is 6.61. The number of nitrogens with zero attached hydrogens (tertiary/aromatic N) is 2. The molecule has 14 heavy (non-hydrogen) atoms. The summed E-state index contributed by atoms with van der Waals surface area (Å²) in [5, 5.41) is 6.58. The van der Waals surface area contributed by atoms with E-state index in [1.807, 2.05) is 22.9 Å². The van der Waals surface area contributed by atoms with E-state index >= 15 is 0 Å². The summed E-state index contributed by atoms with van der Waals surface area (Å²) in [6.07, 6.45) is 0.600. The van der Waals surface area contributed by atoms with Gasteiger partial charge in [-0.25, -0.2) is 0 Å². The molecular weight excluding hydrogens is 299 g/mol. The molecular formula is C7H7IN4O2. The summed E-state index contributed by atoms with van der Waals surface area (Å²) >= 11 is 1.85. The van der Waals surface area contributed by atoms with Gasteiger partial charge in [-0.3, -0.25) is 9.59 Å². The SMILES string of the molecule is NC(=O)c1nn(I)c2c1CCNC2=O. The van der Waals surface area contributed by atoms with E-state index in [2.05, 4.69) is 10.4 Å². The number of aromatic nitrogens is 2. The predicted molar refractivity (Wildman–Crippen MR) is 56.2 cm³/mol. The zero-order valence-electron chi connectivity index (χ0n) is 7.08. The Kier molecular flexibility index (Phi) is 2.17. The number of hydrogen-bond donors (Lipinski definition) is 2. The van der Waals surface area contributed by atoms with Gasteiger partial charge in [-0.1, -0.05) is 0 Å². The van der Waals surface area contributed by atoms with E-state index in [1.165, 1.54) is 2.90 Å². The average Bonchev–Trinajstić information content (AvgIpc) is 2.45. The molecule has 0 saturated carbocycles. The number of fused-ring (bicyclic) bond motifs is 1. The van der Waals surface area contributed by atoms with E-state index in [-0.39, 0.29) is 11.6 Å². The van der Waals surface area contributed by atoms with Gasteiger partial charge in [0.2, 0.25) is 0 Å². The van der Waals surface area contributed by atoms with Gasteiger partial charge in [0, 0.05) is 12.1 Å². The molecule has 2 rings (SSSR count). The average molecular weight is 306 g/mol. The van der Waals surface area contributed by atoms with Crippen LogP contribution in [0.25, 0.3) is 0 Å². The number of rotatable bonds is 1. The third-order valence-electron chi connectivity index (χ3n) is 2.05. The largest absolute Gasteiger partial charge is 0.364 e. The van der Waals surface area contributed by atoms with Gasteiger partial charge in [-0.2, -0.15) is 7.99 Å². The Morgan fingerprint density at radius 1 is 1.64 bits per heavy atom. The summed E-state index contributed by atoms with van der Waals surface area (Å²) in [6, 6.07) is 0. The fourth-order valence-electron chi connectivity index (χ4n) is 1.46. The molecule has 74 valence electrons. The molecule has 0 fully saturated rings. The highest BCUT2D eigenvalue weighted by atomic mass is 127. The van der Waals surface area contributed by atoms with E-state index < -0.39 is 5.91 Å². The molecule has 2 heterocycles. The van der Waals surface area contributed by atoms with E-state index in [9.17, 15) is 9.59 Å². The van der Waals surface area contributed by atoms with Crippen molar-refractivity contribution in [2.45, 2.75) is 6.42 Å². The van der Waals surface area contributed by atoms with Crippen LogP contribution in [0.3, 0.4) is 0 Å². The van der Waals surface area contributed by atoms with Gasteiger partial charge in [0.1, 0.15) is 5.69 Å². The topological polar surface area (TPSA) is 90.0 Å². The second kappa shape index (κ2) is 3.23. The van der Waals surface area contributed by atoms with Crippen molar-refractivity contribution in [3.05, 3.63) is 17.0 Å². The van der Waals surface area contributed by atoms with Crippen LogP contribution in [0.5, 0.6) is 0 Å². The first-order valence-corrected chi connectivity index (χ1v) is 4.94. The first kappa shape index (κ1) is 9.44. The fraction of sp³-hybridized carbons (Fsp3) is 0.286. The van der Waals surface area contributed by atoms with Gasteiger partial charge in [0.25, 0.3) is 11.8 Å². The number of nitrogens with one attached hydrogen (secondary N) is 1. The van der Waals surface area contributed by atoms with E-state index in [4.69, 9.17) is 5.73 Å². The monoisotopic (exact) mass is 306 g/mol. The Hall–Kier alpha value is -1.12. The molecule has 1 aromatic rings. The zero-order valence-corrected chi connectivity index (χ0v) is 9.24. The number of nitrogens with two attached hydrogens (primary N) is 1. The van der Waals surface area contributed by atoms with Crippen LogP contribution in [0, 0.1) is 0 Å². The fourth-order valence-corrected chi connectivity index (χ4v) is 2.19. The maximum atomic E-state index is 11.4. The third kappa shape index (κ3) is 1.27. The molecule has 0 saturated heterocycles. The van der Waals surface area contributed by atoms with Gasteiger partial charge in [0.15, 0.2) is 5.69 Å². The molecule has 0 radical (unpaired) electrons. The lowest BCUT2D eigenvalue weighted by molar-refractivity contribution is 0.0940. The quantitative estimate of drug-likeness (QED) is 0.683. The number of amides is 2. The van der Waals surface area contributed by atoms with Crippen molar-refractivity contribution in [2.24, 2.45) is 5.73 Å². The van der Waals surface area contributed by atoms with Crippen molar-refractivity contribution >= 4 is 34.7 Å². The Balaban J connectivity index is 2.63. The second-order valence-corrected chi connectivity index (χ2v) is 3.82. The molecule has 0 spiro atoms. The number of halogens is 1. The highest BCUT2D eigenvalue weighted by Crippen LogP contribution is 2.19. The van der Waals surface area contributed by atoms with Crippen LogP contribution in [0.2, 0.25) is 0 Å². The number of primary amides is 1. The lowest BCUT2D eigenvalue weighted by Gasteiger charge is -2.12. The summed E-state index contributed by atoms with van der Waals surface area (Å²) in [6.45, 7) is 0.522. The Labute approximate surface area is 93.3 Å². The van der Waals surface area contributed by atoms with Crippen LogP contribution in [-0.4, -0.2) is 26.4 Å². The molecule has 0 aromatic carbocycles. The number of hydrogen-bond acceptors (Lipinski definition) is 3. The number of carbonyl (C=O) groups is 2. The lowest BCUT2D eigenvalue weighted by Crippen LogP contribution is -2.33. The van der Waals surface area contributed by atoms with Crippen LogP contribution in [0.4, 0.5) is 0 Å². The minimum atomic E-state index is -0.591. The first-order valence-electron chi connectivity index (χ1n) is 3.97. The van der Waals surface area contributed by atoms with Crippen LogP contribution in [0.1, 0.15) is 26.5 Å². The normalized spacial score (nSPS) is 14.8. The molecule has 0 bridgehead atoms. The van der Waals surface area contributed by atoms with Crippen molar-refractivity contribution in [2.75, 3.05) is 6.54 Å². The molecule has 7 heteroatoms. The summed E-state index contributed by atoms with van der Waals surface area (Å²) in [5.41, 5.74) is 6.42. The van der Waals surface area contributed by atoms with Crippen molar-refractivity contribution in [1.82, 2.24) is 13.3 Å². The minimum absolute atomic E-state index is 0.198. The Morgan fingerprint density at radius 2 is 2.36 bits per heavy atom. The molecule has 0 aliphatic carbocycles. The predicted octanol–water partition coefficient (Wildman–Crippen LogP) is -0.534. The van der Waals surface area contributed by atoms with E-state index in [0.29, 0.717) is 24.2 Å². The van der Waals surface area contributed by atoms with Gasteiger partial charge >= 0.3 is 0 Å². The number of carbonyl (C=O) groups excluding carboxylic acids is 2. The summed E-state index contributed by atoms with van der Waals surface area (Å²) in [4.78, 5) is 22.4.